The van der Waals surface area contributed by atoms with Gasteiger partial charge in [-0.05, 0) is 47.0 Å². The smallest absolute Gasteiger partial charge is 0.163 e. The fraction of sp³-hybridized carbons (Fsp3) is 0.267. The summed E-state index contributed by atoms with van der Waals surface area (Å²) in [4.78, 5) is 12.1. The summed E-state index contributed by atoms with van der Waals surface area (Å²) in [5.74, 6) is 1.34. The molecule has 2 rings (SSSR count). The molecule has 0 amide bonds. The number of Topliss-reactive ketones (excluding diaryl/α,β-unsaturated/α-hetero) is 1. The Kier molecular flexibility index (Phi) is 4.58. The molecule has 0 N–H and O–H groups in total. The fourth-order valence-electron chi connectivity index (χ4n) is 1.85. The van der Waals surface area contributed by atoms with Crippen molar-refractivity contribution in [2.75, 3.05) is 14.2 Å². The number of aryl methyl sites for hydroxylation is 1. The second-order valence-corrected chi connectivity index (χ2v) is 4.90. The molecule has 0 spiro atoms. The number of rotatable bonds is 6. The van der Waals surface area contributed by atoms with E-state index in [1.54, 1.807) is 43.8 Å². The molecule has 0 unspecified atom stereocenters. The van der Waals surface area contributed by atoms with Crippen LogP contribution in [0, 0.1) is 0 Å². The van der Waals surface area contributed by atoms with E-state index in [-0.39, 0.29) is 5.78 Å². The minimum absolute atomic E-state index is 0.118. The largest absolute Gasteiger partial charge is 0.493 e. The molecule has 0 bridgehead atoms. The molecule has 0 radical (unpaired) electrons. The topological polar surface area (TPSA) is 35.5 Å². The van der Waals surface area contributed by atoms with Crippen LogP contribution in [-0.2, 0) is 6.42 Å². The minimum Gasteiger partial charge on any atom is -0.493 e. The molecule has 3 nitrogen and oxygen atoms in total. The van der Waals surface area contributed by atoms with E-state index in [1.165, 1.54) is 5.56 Å². The van der Waals surface area contributed by atoms with E-state index in [4.69, 9.17) is 9.47 Å². The standard InChI is InChI=1S/C15H16O3S/c1-17-14-6-4-12(9-15(14)18-2)13(16)5-3-11-7-8-19-10-11/h4,6-10H,3,5H2,1-2H3. The van der Waals surface area contributed by atoms with Gasteiger partial charge >= 0.3 is 0 Å². The first kappa shape index (κ1) is 13.6. The van der Waals surface area contributed by atoms with Gasteiger partial charge in [-0.2, -0.15) is 11.3 Å². The van der Waals surface area contributed by atoms with E-state index in [0.717, 1.165) is 6.42 Å². The zero-order chi connectivity index (χ0) is 13.7. The second kappa shape index (κ2) is 6.38. The Morgan fingerprint density at radius 2 is 1.95 bits per heavy atom. The van der Waals surface area contributed by atoms with E-state index in [0.29, 0.717) is 23.5 Å². The van der Waals surface area contributed by atoms with Gasteiger partial charge < -0.3 is 9.47 Å². The number of methoxy groups -OCH3 is 2. The van der Waals surface area contributed by atoms with Crippen LogP contribution in [0.4, 0.5) is 0 Å². The number of ether oxygens (including phenoxy) is 2. The molecule has 0 atom stereocenters. The maximum Gasteiger partial charge on any atom is 0.163 e. The van der Waals surface area contributed by atoms with Gasteiger partial charge in [0.1, 0.15) is 0 Å². The Balaban J connectivity index is 2.06. The highest BCUT2D eigenvalue weighted by Crippen LogP contribution is 2.28. The quantitative estimate of drug-likeness (QED) is 0.756. The fourth-order valence-corrected chi connectivity index (χ4v) is 2.55. The Bertz CT molecular complexity index is 547. The molecule has 2 aromatic rings. The van der Waals surface area contributed by atoms with E-state index in [9.17, 15) is 4.79 Å². The summed E-state index contributed by atoms with van der Waals surface area (Å²) in [6, 6.07) is 7.31. The zero-order valence-electron chi connectivity index (χ0n) is 11.0. The number of carbonyl (C=O) groups is 1. The number of benzene rings is 1. The normalized spacial score (nSPS) is 10.2. The molecule has 19 heavy (non-hydrogen) atoms. The monoisotopic (exact) mass is 276 g/mol. The third-order valence-corrected chi connectivity index (χ3v) is 3.66. The average Bonchev–Trinajstić information content (AvgIpc) is 2.97. The van der Waals surface area contributed by atoms with Crippen LogP contribution in [0.1, 0.15) is 22.3 Å². The maximum absolute atomic E-state index is 12.1. The van der Waals surface area contributed by atoms with Crippen LogP contribution < -0.4 is 9.47 Å². The molecule has 0 saturated carbocycles. The van der Waals surface area contributed by atoms with Crippen LogP contribution in [0.3, 0.4) is 0 Å². The highest BCUT2D eigenvalue weighted by atomic mass is 32.1. The van der Waals surface area contributed by atoms with Crippen molar-refractivity contribution in [3.05, 3.63) is 46.2 Å². The highest BCUT2D eigenvalue weighted by Gasteiger charge is 2.10. The predicted molar refractivity (Wildman–Crippen MR) is 76.5 cm³/mol. The number of carbonyl (C=O) groups excluding carboxylic acids is 1. The first-order chi connectivity index (χ1) is 9.24. The summed E-state index contributed by atoms with van der Waals surface area (Å²) in [6.07, 6.45) is 1.28. The van der Waals surface area contributed by atoms with Gasteiger partial charge in [-0.25, -0.2) is 0 Å². The zero-order valence-corrected chi connectivity index (χ0v) is 11.8. The lowest BCUT2D eigenvalue weighted by Gasteiger charge is -2.08. The van der Waals surface area contributed by atoms with E-state index in [1.807, 2.05) is 11.4 Å². The second-order valence-electron chi connectivity index (χ2n) is 4.12. The summed E-state index contributed by atoms with van der Waals surface area (Å²) in [5.41, 5.74) is 1.87. The van der Waals surface area contributed by atoms with Crippen LogP contribution in [0.5, 0.6) is 11.5 Å². The molecule has 1 aromatic carbocycles. The first-order valence-corrected chi connectivity index (χ1v) is 6.95. The average molecular weight is 276 g/mol. The van der Waals surface area contributed by atoms with Crippen LogP contribution in [0.25, 0.3) is 0 Å². The van der Waals surface area contributed by atoms with Crippen molar-refractivity contribution < 1.29 is 14.3 Å². The summed E-state index contributed by atoms with van der Waals surface area (Å²) in [6.45, 7) is 0. The van der Waals surface area contributed by atoms with Gasteiger partial charge in [0.05, 0.1) is 14.2 Å². The van der Waals surface area contributed by atoms with Crippen molar-refractivity contribution in [1.29, 1.82) is 0 Å². The van der Waals surface area contributed by atoms with Crippen LogP contribution >= 0.6 is 11.3 Å². The molecule has 100 valence electrons. The maximum atomic E-state index is 12.1. The van der Waals surface area contributed by atoms with Crippen molar-refractivity contribution in [2.45, 2.75) is 12.8 Å². The molecule has 0 aliphatic rings. The Hall–Kier alpha value is -1.81. The molecule has 4 heteroatoms. The number of ketones is 1. The molecular formula is C15H16O3S. The van der Waals surface area contributed by atoms with Gasteiger partial charge in [-0.15, -0.1) is 0 Å². The van der Waals surface area contributed by atoms with Crippen molar-refractivity contribution in [3.63, 3.8) is 0 Å². The minimum atomic E-state index is 0.118. The van der Waals surface area contributed by atoms with Crippen molar-refractivity contribution >= 4 is 17.1 Å². The lowest BCUT2D eigenvalue weighted by molar-refractivity contribution is 0.0982. The summed E-state index contributed by atoms with van der Waals surface area (Å²) >= 11 is 1.65. The third-order valence-electron chi connectivity index (χ3n) is 2.93. The molecule has 0 aliphatic heterocycles. The SMILES string of the molecule is COc1ccc(C(=O)CCc2ccsc2)cc1OC. The number of thiophene rings is 1. The van der Waals surface area contributed by atoms with E-state index in [2.05, 4.69) is 5.38 Å². The van der Waals surface area contributed by atoms with Gasteiger partial charge in [0.15, 0.2) is 17.3 Å². The van der Waals surface area contributed by atoms with Crippen molar-refractivity contribution in [2.24, 2.45) is 0 Å². The molecular weight excluding hydrogens is 260 g/mol. The van der Waals surface area contributed by atoms with E-state index < -0.39 is 0 Å². The number of hydrogen-bond donors (Lipinski definition) is 0. The first-order valence-electron chi connectivity index (χ1n) is 6.01. The Labute approximate surface area is 116 Å². The highest BCUT2D eigenvalue weighted by molar-refractivity contribution is 7.07. The lowest BCUT2D eigenvalue weighted by atomic mass is 10.0. The van der Waals surface area contributed by atoms with Crippen LogP contribution in [-0.4, -0.2) is 20.0 Å². The predicted octanol–water partition coefficient (Wildman–Crippen LogP) is 3.58. The van der Waals surface area contributed by atoms with Crippen molar-refractivity contribution in [1.82, 2.24) is 0 Å². The summed E-state index contributed by atoms with van der Waals surface area (Å²) in [5, 5.41) is 4.10. The Morgan fingerprint density at radius 3 is 2.58 bits per heavy atom. The molecule has 0 saturated heterocycles. The summed E-state index contributed by atoms with van der Waals surface area (Å²) < 4.78 is 10.4. The van der Waals surface area contributed by atoms with Gasteiger partial charge in [0.25, 0.3) is 0 Å². The van der Waals surface area contributed by atoms with Gasteiger partial charge in [-0.1, -0.05) is 0 Å². The molecule has 1 aromatic heterocycles. The number of hydrogen-bond acceptors (Lipinski definition) is 4. The van der Waals surface area contributed by atoms with Crippen LogP contribution in [0.15, 0.2) is 35.0 Å². The van der Waals surface area contributed by atoms with Gasteiger partial charge in [-0.3, -0.25) is 4.79 Å². The van der Waals surface area contributed by atoms with Gasteiger partial charge in [0.2, 0.25) is 0 Å². The third kappa shape index (κ3) is 3.35. The van der Waals surface area contributed by atoms with E-state index >= 15 is 0 Å². The lowest BCUT2D eigenvalue weighted by Crippen LogP contribution is -2.02. The van der Waals surface area contributed by atoms with Crippen LogP contribution in [0.2, 0.25) is 0 Å². The molecule has 0 aliphatic carbocycles. The Morgan fingerprint density at radius 1 is 1.16 bits per heavy atom. The molecule has 0 fully saturated rings. The van der Waals surface area contributed by atoms with Crippen molar-refractivity contribution in [3.8, 4) is 11.5 Å². The van der Waals surface area contributed by atoms with Gasteiger partial charge in [0, 0.05) is 12.0 Å². The summed E-state index contributed by atoms with van der Waals surface area (Å²) in [7, 11) is 3.15. The molecule has 1 heterocycles.